The van der Waals surface area contributed by atoms with Crippen LogP contribution in [0.25, 0.3) is 0 Å². The first kappa shape index (κ1) is 11.5. The summed E-state index contributed by atoms with van der Waals surface area (Å²) < 4.78 is 0. The van der Waals surface area contributed by atoms with Gasteiger partial charge in [0.2, 0.25) is 5.91 Å². The Morgan fingerprint density at radius 3 is 2.79 bits per heavy atom. The lowest BCUT2D eigenvalue weighted by atomic mass is 9.75. The number of rotatable bonds is 3. The molecule has 3 nitrogen and oxygen atoms in total. The van der Waals surface area contributed by atoms with Crippen LogP contribution in [-0.2, 0) is 4.79 Å². The van der Waals surface area contributed by atoms with E-state index in [2.05, 4.69) is 24.5 Å². The molecule has 1 fully saturated rings. The highest BCUT2D eigenvalue weighted by Gasteiger charge is 2.28. The summed E-state index contributed by atoms with van der Waals surface area (Å²) in [5.41, 5.74) is 0.399. The van der Waals surface area contributed by atoms with Gasteiger partial charge in [-0.2, -0.15) is 0 Å². The largest absolute Gasteiger partial charge is 0.352 e. The van der Waals surface area contributed by atoms with Crippen molar-refractivity contribution in [2.75, 3.05) is 13.6 Å². The highest BCUT2D eigenvalue weighted by molar-refractivity contribution is 5.78. The fraction of sp³-hybridized carbons (Fsp3) is 0.909. The quantitative estimate of drug-likeness (QED) is 0.717. The van der Waals surface area contributed by atoms with E-state index in [0.717, 1.165) is 12.8 Å². The van der Waals surface area contributed by atoms with Crippen LogP contribution in [0.1, 0.15) is 39.5 Å². The number of carbonyl (C=O) groups is 1. The minimum atomic E-state index is 0.121. The molecule has 3 heteroatoms. The Morgan fingerprint density at radius 1 is 1.50 bits per heavy atom. The first-order chi connectivity index (χ1) is 6.53. The molecular weight excluding hydrogens is 176 g/mol. The first-order valence-corrected chi connectivity index (χ1v) is 5.47. The summed E-state index contributed by atoms with van der Waals surface area (Å²) >= 11 is 0. The average Bonchev–Trinajstić information content (AvgIpc) is 2.02. The van der Waals surface area contributed by atoms with Gasteiger partial charge in [0.15, 0.2) is 0 Å². The molecular formula is C11H22N2O. The summed E-state index contributed by atoms with van der Waals surface area (Å²) in [5.74, 6) is 0.121. The molecule has 2 N–H and O–H groups in total. The van der Waals surface area contributed by atoms with Crippen LogP contribution in [-0.4, -0.2) is 25.5 Å². The van der Waals surface area contributed by atoms with E-state index in [1.54, 1.807) is 7.05 Å². The van der Waals surface area contributed by atoms with Gasteiger partial charge in [0.1, 0.15) is 0 Å². The molecule has 1 atom stereocenters. The van der Waals surface area contributed by atoms with Gasteiger partial charge >= 0.3 is 0 Å². The Balaban J connectivity index is 2.34. The topological polar surface area (TPSA) is 41.1 Å². The van der Waals surface area contributed by atoms with Gasteiger partial charge < -0.3 is 10.6 Å². The number of amides is 1. The third kappa shape index (κ3) is 3.66. The van der Waals surface area contributed by atoms with Gasteiger partial charge in [-0.3, -0.25) is 4.79 Å². The number of hydrogen-bond donors (Lipinski definition) is 2. The van der Waals surface area contributed by atoms with Crippen LogP contribution >= 0.6 is 0 Å². The molecule has 0 aromatic rings. The van der Waals surface area contributed by atoms with Crippen molar-refractivity contribution < 1.29 is 4.79 Å². The maximum atomic E-state index is 11.3. The molecule has 1 rings (SSSR count). The first-order valence-electron chi connectivity index (χ1n) is 5.47. The van der Waals surface area contributed by atoms with Crippen LogP contribution in [0, 0.1) is 5.41 Å². The highest BCUT2D eigenvalue weighted by atomic mass is 16.1. The second-order valence-corrected chi connectivity index (χ2v) is 5.06. The summed E-state index contributed by atoms with van der Waals surface area (Å²) in [4.78, 5) is 11.3. The van der Waals surface area contributed by atoms with E-state index in [0.29, 0.717) is 18.0 Å². The van der Waals surface area contributed by atoms with E-state index < -0.39 is 0 Å². The third-order valence-corrected chi connectivity index (χ3v) is 2.91. The van der Waals surface area contributed by atoms with Gasteiger partial charge in [0.05, 0.1) is 6.54 Å². The molecule has 1 amide bonds. The zero-order valence-electron chi connectivity index (χ0n) is 9.52. The molecule has 1 aliphatic rings. The molecule has 0 bridgehead atoms. The number of carbonyl (C=O) groups excluding carboxylic acids is 1. The molecule has 1 saturated carbocycles. The van der Waals surface area contributed by atoms with Crippen molar-refractivity contribution in [3.05, 3.63) is 0 Å². The van der Waals surface area contributed by atoms with Gasteiger partial charge in [0.25, 0.3) is 0 Å². The second kappa shape index (κ2) is 4.78. The Kier molecular flexibility index (Phi) is 3.93. The number of nitrogens with one attached hydrogen (secondary N) is 2. The van der Waals surface area contributed by atoms with Crippen LogP contribution in [0.4, 0.5) is 0 Å². The van der Waals surface area contributed by atoms with Crippen molar-refractivity contribution in [1.82, 2.24) is 10.6 Å². The van der Waals surface area contributed by atoms with Crippen LogP contribution in [0.5, 0.6) is 0 Å². The van der Waals surface area contributed by atoms with E-state index in [1.807, 2.05) is 0 Å². The molecule has 0 aliphatic heterocycles. The predicted molar refractivity (Wildman–Crippen MR) is 58.1 cm³/mol. The molecule has 0 aromatic carbocycles. The van der Waals surface area contributed by atoms with Crippen LogP contribution in [0.2, 0.25) is 0 Å². The minimum absolute atomic E-state index is 0.121. The van der Waals surface area contributed by atoms with Crippen LogP contribution in [0.3, 0.4) is 0 Å². The summed E-state index contributed by atoms with van der Waals surface area (Å²) in [6, 6.07) is 0.389. The van der Waals surface area contributed by atoms with Crippen molar-refractivity contribution in [1.29, 1.82) is 0 Å². The van der Waals surface area contributed by atoms with Crippen LogP contribution < -0.4 is 10.6 Å². The van der Waals surface area contributed by atoms with E-state index in [4.69, 9.17) is 0 Å². The van der Waals surface area contributed by atoms with Crippen molar-refractivity contribution in [2.24, 2.45) is 5.41 Å². The Morgan fingerprint density at radius 2 is 2.21 bits per heavy atom. The maximum Gasteiger partial charge on any atom is 0.234 e. The molecule has 0 radical (unpaired) electrons. The standard InChI is InChI=1S/C11H22N2O/c1-11(2)6-4-5-9(7-11)13-10(14)8-12-3/h9,12H,4-8H2,1-3H3,(H,13,14). The summed E-state index contributed by atoms with van der Waals surface area (Å²) in [7, 11) is 1.80. The molecule has 82 valence electrons. The predicted octanol–water partition coefficient (Wildman–Crippen LogP) is 1.29. The Labute approximate surface area is 86.6 Å². The molecule has 0 saturated heterocycles. The molecule has 1 unspecified atom stereocenters. The smallest absolute Gasteiger partial charge is 0.234 e. The third-order valence-electron chi connectivity index (χ3n) is 2.91. The molecule has 0 heterocycles. The lowest BCUT2D eigenvalue weighted by Gasteiger charge is -2.35. The fourth-order valence-corrected chi connectivity index (χ4v) is 2.26. The molecule has 14 heavy (non-hydrogen) atoms. The Bertz CT molecular complexity index is 201. The van der Waals surface area contributed by atoms with Crippen molar-refractivity contribution in [3.63, 3.8) is 0 Å². The van der Waals surface area contributed by atoms with Gasteiger partial charge in [-0.1, -0.05) is 20.3 Å². The second-order valence-electron chi connectivity index (χ2n) is 5.06. The zero-order chi connectivity index (χ0) is 10.6. The minimum Gasteiger partial charge on any atom is -0.352 e. The van der Waals surface area contributed by atoms with E-state index in [1.165, 1.54) is 12.8 Å². The molecule has 1 aliphatic carbocycles. The normalized spacial score (nSPS) is 25.8. The van der Waals surface area contributed by atoms with Gasteiger partial charge in [-0.25, -0.2) is 0 Å². The summed E-state index contributed by atoms with van der Waals surface area (Å²) in [6.45, 7) is 4.99. The van der Waals surface area contributed by atoms with Crippen LogP contribution in [0.15, 0.2) is 0 Å². The lowest BCUT2D eigenvalue weighted by molar-refractivity contribution is -0.121. The van der Waals surface area contributed by atoms with Crippen molar-refractivity contribution in [2.45, 2.75) is 45.6 Å². The van der Waals surface area contributed by atoms with Gasteiger partial charge in [-0.15, -0.1) is 0 Å². The van der Waals surface area contributed by atoms with E-state index >= 15 is 0 Å². The molecule has 0 spiro atoms. The zero-order valence-corrected chi connectivity index (χ0v) is 9.52. The number of hydrogen-bond acceptors (Lipinski definition) is 2. The number of likely N-dealkylation sites (N-methyl/N-ethyl adjacent to an activating group) is 1. The lowest BCUT2D eigenvalue weighted by Crippen LogP contribution is -2.43. The average molecular weight is 198 g/mol. The fourth-order valence-electron chi connectivity index (χ4n) is 2.26. The van der Waals surface area contributed by atoms with Crippen molar-refractivity contribution in [3.8, 4) is 0 Å². The van der Waals surface area contributed by atoms with Gasteiger partial charge in [-0.05, 0) is 31.7 Å². The van der Waals surface area contributed by atoms with Gasteiger partial charge in [0, 0.05) is 6.04 Å². The van der Waals surface area contributed by atoms with E-state index in [-0.39, 0.29) is 5.91 Å². The SMILES string of the molecule is CNCC(=O)NC1CCCC(C)(C)C1. The van der Waals surface area contributed by atoms with E-state index in [9.17, 15) is 4.79 Å². The summed E-state index contributed by atoms with van der Waals surface area (Å²) in [5, 5.41) is 5.94. The highest BCUT2D eigenvalue weighted by Crippen LogP contribution is 2.34. The summed E-state index contributed by atoms with van der Waals surface area (Å²) in [6.07, 6.45) is 4.77. The van der Waals surface area contributed by atoms with Crippen molar-refractivity contribution >= 4 is 5.91 Å². The Hall–Kier alpha value is -0.570. The maximum absolute atomic E-state index is 11.3. The monoisotopic (exact) mass is 198 g/mol. The molecule has 0 aromatic heterocycles.